The van der Waals surface area contributed by atoms with Crippen molar-refractivity contribution in [1.29, 1.82) is 0 Å². The minimum absolute atomic E-state index is 0. The third-order valence-electron chi connectivity index (χ3n) is 0.200. The highest BCUT2D eigenvalue weighted by Gasteiger charge is 2.27. The summed E-state index contributed by atoms with van der Waals surface area (Å²) < 4.78 is 32.2. The predicted molar refractivity (Wildman–Crippen MR) is 21.1 cm³/mol. The van der Waals surface area contributed by atoms with Crippen molar-refractivity contribution in [3.63, 3.8) is 0 Å². The first-order valence-corrected chi connectivity index (χ1v) is 1.98. The van der Waals surface area contributed by atoms with Crippen molar-refractivity contribution in [2.24, 2.45) is 0 Å². The molecular weight excluding hydrogens is 149 g/mol. The molecule has 0 saturated heterocycles. The highest BCUT2D eigenvalue weighted by atomic mass is 35.5. The van der Waals surface area contributed by atoms with Crippen molar-refractivity contribution in [2.75, 3.05) is 5.75 Å². The van der Waals surface area contributed by atoms with Gasteiger partial charge in [0.15, 0.2) is 5.75 Å². The van der Waals surface area contributed by atoms with Gasteiger partial charge in [0.05, 0.1) is 0 Å². The maximum absolute atomic E-state index is 10.7. The lowest BCUT2D eigenvalue weighted by Crippen LogP contribution is -3.00. The summed E-state index contributed by atoms with van der Waals surface area (Å²) in [4.78, 5) is 0. The summed E-state index contributed by atoms with van der Waals surface area (Å²) >= 11 is 2.29. The Kier molecular flexibility index (Phi) is 5.11. The fourth-order valence-electron chi connectivity index (χ4n) is 0. The third-order valence-corrected chi connectivity index (χ3v) is 0.601. The van der Waals surface area contributed by atoms with Crippen molar-refractivity contribution in [3.8, 4) is 0 Å². The topological polar surface area (TPSA) is 0 Å². The van der Waals surface area contributed by atoms with Gasteiger partial charge in [-0.1, -0.05) is 0 Å². The monoisotopic (exact) mass is 152 g/mol. The lowest BCUT2D eigenvalue weighted by molar-refractivity contribution is -0.105. The van der Waals surface area contributed by atoms with Crippen molar-refractivity contribution in [3.05, 3.63) is 0 Å². The first-order valence-electron chi connectivity index (χ1n) is 1.27. The van der Waals surface area contributed by atoms with Crippen LogP contribution in [0.1, 0.15) is 0 Å². The number of alkyl halides is 3. The average Bonchev–Trinajstić information content (AvgIpc) is 1.35. The minimum Gasteiger partial charge on any atom is -1.00 e. The van der Waals surface area contributed by atoms with Crippen LogP contribution in [0.25, 0.3) is 0 Å². The summed E-state index contributed by atoms with van der Waals surface area (Å²) in [6.45, 7) is 0. The van der Waals surface area contributed by atoms with Gasteiger partial charge in [-0.3, -0.25) is 0 Å². The van der Waals surface area contributed by atoms with Crippen LogP contribution < -0.4 is 12.4 Å². The highest BCUT2D eigenvalue weighted by Crippen LogP contribution is 2.11. The summed E-state index contributed by atoms with van der Waals surface area (Å²) in [7, 11) is 0. The number of rotatable bonds is 0. The van der Waals surface area contributed by atoms with Crippen molar-refractivity contribution >= 4 is 12.6 Å². The third kappa shape index (κ3) is 10.7. The molecule has 0 bridgehead atoms. The van der Waals surface area contributed by atoms with Crippen molar-refractivity contribution in [2.45, 2.75) is 6.18 Å². The van der Waals surface area contributed by atoms with Gasteiger partial charge in [0.2, 0.25) is 0 Å². The zero-order valence-electron chi connectivity index (χ0n) is 3.22. The van der Waals surface area contributed by atoms with Crippen LogP contribution in [-0.2, 0) is 12.6 Å². The van der Waals surface area contributed by atoms with E-state index in [4.69, 9.17) is 0 Å². The van der Waals surface area contributed by atoms with E-state index < -0.39 is 11.9 Å². The van der Waals surface area contributed by atoms with Gasteiger partial charge < -0.3 is 12.4 Å². The first kappa shape index (κ1) is 10.4. The Balaban J connectivity index is 0. The Bertz CT molecular complexity index is 42.7. The molecule has 0 aliphatic rings. The van der Waals surface area contributed by atoms with Crippen LogP contribution in [0.4, 0.5) is 13.2 Å². The molecule has 0 atom stereocenters. The molecular formula is C2H4ClF3S. The van der Waals surface area contributed by atoms with E-state index in [0.717, 1.165) is 0 Å². The molecule has 0 radical (unpaired) electrons. The van der Waals surface area contributed by atoms with E-state index in [-0.39, 0.29) is 12.4 Å². The van der Waals surface area contributed by atoms with Crippen molar-refractivity contribution < 1.29 is 25.6 Å². The first-order chi connectivity index (χ1) is 2.56. The summed E-state index contributed by atoms with van der Waals surface area (Å²) in [5.41, 5.74) is 0. The van der Waals surface area contributed by atoms with Gasteiger partial charge >= 0.3 is 6.18 Å². The average molecular weight is 153 g/mol. The Morgan fingerprint density at radius 1 is 1.29 bits per heavy atom. The van der Waals surface area contributed by atoms with Gasteiger partial charge in [-0.05, 0) is 12.6 Å². The molecule has 0 aliphatic heterocycles. The zero-order valence-corrected chi connectivity index (χ0v) is 4.97. The fourth-order valence-corrected chi connectivity index (χ4v) is 0. The van der Waals surface area contributed by atoms with E-state index in [0.29, 0.717) is 0 Å². The Labute approximate surface area is 50.9 Å². The second kappa shape index (κ2) is 3.43. The fraction of sp³-hybridized carbons (Fsp3) is 1.00. The van der Waals surface area contributed by atoms with Crippen LogP contribution >= 0.6 is 0 Å². The van der Waals surface area contributed by atoms with Gasteiger partial charge in [-0.25, -0.2) is 0 Å². The largest absolute Gasteiger partial charge is 1.00 e. The van der Waals surface area contributed by atoms with E-state index >= 15 is 0 Å². The van der Waals surface area contributed by atoms with Crippen LogP contribution in [0.2, 0.25) is 0 Å². The van der Waals surface area contributed by atoms with E-state index in [1.54, 1.807) is 0 Å². The number of hydrogen-bond acceptors (Lipinski definition) is 0. The molecule has 0 amide bonds. The highest BCUT2D eigenvalue weighted by molar-refractivity contribution is 7.58. The molecule has 0 aromatic rings. The molecule has 0 heterocycles. The molecule has 0 aromatic carbocycles. The molecule has 0 aromatic heterocycles. The molecule has 7 heavy (non-hydrogen) atoms. The van der Waals surface area contributed by atoms with Crippen LogP contribution in [0, 0.1) is 0 Å². The SMILES string of the molecule is FC(F)(F)C[SH2+].[Cl-]. The normalized spacial score (nSPS) is 10.3. The molecule has 0 spiro atoms. The lowest BCUT2D eigenvalue weighted by atomic mass is 10.8. The van der Waals surface area contributed by atoms with E-state index in [9.17, 15) is 13.2 Å². The molecule has 0 nitrogen and oxygen atoms in total. The molecule has 46 valence electrons. The summed E-state index contributed by atoms with van der Waals surface area (Å²) in [6.07, 6.45) is -4.04. The summed E-state index contributed by atoms with van der Waals surface area (Å²) in [5.74, 6) is -0.924. The standard InChI is InChI=1S/C2H3F3S.ClH/c3-2(4,5)1-6;/h6H,1H2;1H. The van der Waals surface area contributed by atoms with Crippen LogP contribution in [0.3, 0.4) is 0 Å². The van der Waals surface area contributed by atoms with E-state index in [1.807, 2.05) is 0 Å². The van der Waals surface area contributed by atoms with Gasteiger partial charge in [-0.15, -0.1) is 0 Å². The quantitative estimate of drug-likeness (QED) is 0.339. The van der Waals surface area contributed by atoms with E-state index in [2.05, 4.69) is 12.6 Å². The molecule has 0 fully saturated rings. The maximum Gasteiger partial charge on any atom is 0.433 e. The smallest absolute Gasteiger partial charge is 0.433 e. The van der Waals surface area contributed by atoms with Crippen LogP contribution in [0.15, 0.2) is 0 Å². The second-order valence-electron chi connectivity index (χ2n) is 0.792. The van der Waals surface area contributed by atoms with Gasteiger partial charge in [0, 0.05) is 0 Å². The summed E-state index contributed by atoms with van der Waals surface area (Å²) in [6, 6.07) is 0. The van der Waals surface area contributed by atoms with Crippen LogP contribution in [-0.4, -0.2) is 11.9 Å². The molecule has 5 heteroatoms. The molecule has 0 N–H and O–H groups in total. The minimum atomic E-state index is -4.04. The number of hydrogen-bond donors (Lipinski definition) is 0. The van der Waals surface area contributed by atoms with Gasteiger partial charge in [0.25, 0.3) is 0 Å². The Morgan fingerprint density at radius 3 is 1.43 bits per heavy atom. The zero-order chi connectivity index (χ0) is 5.21. The van der Waals surface area contributed by atoms with Gasteiger partial charge in [-0.2, -0.15) is 13.2 Å². The molecule has 0 saturated carbocycles. The predicted octanol–water partition coefficient (Wildman–Crippen LogP) is -2.44. The second-order valence-corrected chi connectivity index (χ2v) is 1.15. The molecule has 0 unspecified atom stereocenters. The summed E-state index contributed by atoms with van der Waals surface area (Å²) in [5, 5.41) is 0. The van der Waals surface area contributed by atoms with E-state index in [1.165, 1.54) is 0 Å². The lowest BCUT2D eigenvalue weighted by Gasteiger charge is -1.91. The maximum atomic E-state index is 10.7. The Morgan fingerprint density at radius 2 is 1.43 bits per heavy atom. The van der Waals surface area contributed by atoms with Gasteiger partial charge in [0.1, 0.15) is 0 Å². The van der Waals surface area contributed by atoms with Crippen molar-refractivity contribution in [1.82, 2.24) is 0 Å². The molecule has 0 rings (SSSR count). The number of halogens is 4. The Hall–Kier alpha value is 0.430. The van der Waals surface area contributed by atoms with Crippen LogP contribution in [0.5, 0.6) is 0 Å². The molecule has 0 aliphatic carbocycles.